The summed E-state index contributed by atoms with van der Waals surface area (Å²) in [5.41, 5.74) is 1.03. The van der Waals surface area contributed by atoms with Crippen molar-refractivity contribution in [3.05, 3.63) is 42.2 Å². The number of hydrogen-bond acceptors (Lipinski definition) is 4. The number of hydrogen-bond donors (Lipinski definition) is 0. The lowest BCUT2D eigenvalue weighted by Gasteiger charge is -2.16. The second kappa shape index (κ2) is 5.05. The van der Waals surface area contributed by atoms with E-state index in [0.29, 0.717) is 23.0 Å². The minimum Gasteiger partial charge on any atom is -0.355 e. The highest BCUT2D eigenvalue weighted by atomic mass is 19.1. The molecule has 5 nitrogen and oxygen atoms in total. The molecule has 1 aliphatic heterocycles. The van der Waals surface area contributed by atoms with Gasteiger partial charge in [-0.1, -0.05) is 19.1 Å². The third-order valence-electron chi connectivity index (χ3n) is 4.11. The Balaban J connectivity index is 1.82. The Morgan fingerprint density at radius 3 is 2.77 bits per heavy atom. The van der Waals surface area contributed by atoms with E-state index in [0.717, 1.165) is 18.9 Å². The molecule has 0 spiro atoms. The number of aromatic nitrogens is 4. The van der Waals surface area contributed by atoms with Crippen LogP contribution in [0.25, 0.3) is 17.0 Å². The van der Waals surface area contributed by atoms with Crippen LogP contribution in [-0.2, 0) is 0 Å². The monoisotopic (exact) mass is 297 g/mol. The smallest absolute Gasteiger partial charge is 0.188 e. The summed E-state index contributed by atoms with van der Waals surface area (Å²) in [5.74, 6) is 1.67. The maximum absolute atomic E-state index is 14.0. The molecular formula is C16H16FN5. The van der Waals surface area contributed by atoms with Crippen LogP contribution in [0.3, 0.4) is 0 Å². The zero-order chi connectivity index (χ0) is 15.1. The van der Waals surface area contributed by atoms with Crippen molar-refractivity contribution in [1.82, 2.24) is 19.8 Å². The molecule has 6 heteroatoms. The van der Waals surface area contributed by atoms with Crippen LogP contribution in [0.5, 0.6) is 0 Å². The van der Waals surface area contributed by atoms with E-state index in [-0.39, 0.29) is 5.82 Å². The largest absolute Gasteiger partial charge is 0.355 e. The first-order valence-corrected chi connectivity index (χ1v) is 7.44. The number of benzene rings is 1. The van der Waals surface area contributed by atoms with Gasteiger partial charge in [0.2, 0.25) is 0 Å². The summed E-state index contributed by atoms with van der Waals surface area (Å²) in [6, 6.07) is 10.4. The van der Waals surface area contributed by atoms with Crippen molar-refractivity contribution in [3.63, 3.8) is 0 Å². The van der Waals surface area contributed by atoms with Gasteiger partial charge in [0.05, 0.1) is 5.56 Å². The first kappa shape index (κ1) is 13.2. The lowest BCUT2D eigenvalue weighted by molar-refractivity contribution is 0.629. The summed E-state index contributed by atoms with van der Waals surface area (Å²) < 4.78 is 15.6. The Hall–Kier alpha value is -2.50. The van der Waals surface area contributed by atoms with Crippen LogP contribution in [-0.4, -0.2) is 32.9 Å². The lowest BCUT2D eigenvalue weighted by Crippen LogP contribution is -2.21. The van der Waals surface area contributed by atoms with Crippen molar-refractivity contribution in [2.45, 2.75) is 13.3 Å². The standard InChI is InChI=1S/C16H16FN5/c1-11-8-9-21(10-11)15-7-6-14-18-19-16(22(14)20-15)12-4-2-3-5-13(12)17/h2-7,11H,8-10H2,1H3. The van der Waals surface area contributed by atoms with Crippen molar-refractivity contribution < 1.29 is 4.39 Å². The van der Waals surface area contributed by atoms with Crippen LogP contribution in [0, 0.1) is 11.7 Å². The average molecular weight is 297 g/mol. The van der Waals surface area contributed by atoms with E-state index in [1.165, 1.54) is 12.5 Å². The molecule has 0 radical (unpaired) electrons. The van der Waals surface area contributed by atoms with Crippen LogP contribution in [0.15, 0.2) is 36.4 Å². The first-order chi connectivity index (χ1) is 10.7. The van der Waals surface area contributed by atoms with E-state index in [9.17, 15) is 4.39 Å². The topological polar surface area (TPSA) is 46.3 Å². The normalized spacial score (nSPS) is 18.3. The second-order valence-corrected chi connectivity index (χ2v) is 5.80. The first-order valence-electron chi connectivity index (χ1n) is 7.44. The molecule has 4 rings (SSSR count). The van der Waals surface area contributed by atoms with Crippen molar-refractivity contribution in [3.8, 4) is 11.4 Å². The Morgan fingerprint density at radius 2 is 2.00 bits per heavy atom. The number of anilines is 1. The molecule has 2 aromatic heterocycles. The van der Waals surface area contributed by atoms with Gasteiger partial charge in [-0.3, -0.25) is 0 Å². The van der Waals surface area contributed by atoms with Gasteiger partial charge in [-0.05, 0) is 36.6 Å². The Kier molecular flexibility index (Phi) is 3.03. The maximum Gasteiger partial charge on any atom is 0.188 e. The second-order valence-electron chi connectivity index (χ2n) is 5.80. The van der Waals surface area contributed by atoms with Gasteiger partial charge < -0.3 is 4.90 Å². The fraction of sp³-hybridized carbons (Fsp3) is 0.312. The zero-order valence-electron chi connectivity index (χ0n) is 12.3. The van der Waals surface area contributed by atoms with E-state index >= 15 is 0 Å². The zero-order valence-corrected chi connectivity index (χ0v) is 12.3. The van der Waals surface area contributed by atoms with Crippen LogP contribution < -0.4 is 4.90 Å². The fourth-order valence-corrected chi connectivity index (χ4v) is 2.90. The number of fused-ring (bicyclic) bond motifs is 1. The van der Waals surface area contributed by atoms with Crippen molar-refractivity contribution in [1.29, 1.82) is 0 Å². The SMILES string of the molecule is CC1CCN(c2ccc3nnc(-c4ccccc4F)n3n2)C1. The molecule has 0 saturated carbocycles. The molecule has 1 saturated heterocycles. The van der Waals surface area contributed by atoms with Crippen LogP contribution in [0.2, 0.25) is 0 Å². The molecule has 0 N–H and O–H groups in total. The van der Waals surface area contributed by atoms with E-state index in [1.807, 2.05) is 12.1 Å². The third-order valence-corrected chi connectivity index (χ3v) is 4.11. The highest BCUT2D eigenvalue weighted by molar-refractivity contribution is 5.60. The van der Waals surface area contributed by atoms with Gasteiger partial charge in [0.25, 0.3) is 0 Å². The Bertz CT molecular complexity index is 828. The molecule has 1 unspecified atom stereocenters. The molecular weight excluding hydrogens is 281 g/mol. The fourth-order valence-electron chi connectivity index (χ4n) is 2.90. The van der Waals surface area contributed by atoms with Gasteiger partial charge in [-0.15, -0.1) is 15.3 Å². The Labute approximate surface area is 127 Å². The molecule has 1 aliphatic rings. The average Bonchev–Trinajstić information content (AvgIpc) is 3.13. The van der Waals surface area contributed by atoms with Crippen LogP contribution in [0.4, 0.5) is 10.2 Å². The van der Waals surface area contributed by atoms with E-state index in [4.69, 9.17) is 0 Å². The van der Waals surface area contributed by atoms with Gasteiger partial charge in [-0.25, -0.2) is 4.39 Å². The molecule has 3 aromatic rings. The predicted molar refractivity (Wildman–Crippen MR) is 82.2 cm³/mol. The number of nitrogens with zero attached hydrogens (tertiary/aromatic N) is 5. The van der Waals surface area contributed by atoms with E-state index in [2.05, 4.69) is 27.1 Å². The molecule has 22 heavy (non-hydrogen) atoms. The quantitative estimate of drug-likeness (QED) is 0.729. The Morgan fingerprint density at radius 1 is 1.14 bits per heavy atom. The van der Waals surface area contributed by atoms with Crippen molar-refractivity contribution >= 4 is 11.5 Å². The summed E-state index contributed by atoms with van der Waals surface area (Å²) >= 11 is 0. The van der Waals surface area contributed by atoms with Gasteiger partial charge >= 0.3 is 0 Å². The molecule has 112 valence electrons. The number of rotatable bonds is 2. The summed E-state index contributed by atoms with van der Waals surface area (Å²) in [7, 11) is 0. The summed E-state index contributed by atoms with van der Waals surface area (Å²) in [6.45, 7) is 4.23. The van der Waals surface area contributed by atoms with Crippen molar-refractivity contribution in [2.24, 2.45) is 5.92 Å². The minimum absolute atomic E-state index is 0.321. The molecule has 0 aliphatic carbocycles. The lowest BCUT2D eigenvalue weighted by atomic mass is 10.2. The van der Waals surface area contributed by atoms with Gasteiger partial charge in [0, 0.05) is 13.1 Å². The van der Waals surface area contributed by atoms with Gasteiger partial charge in [0.1, 0.15) is 11.6 Å². The highest BCUT2D eigenvalue weighted by Gasteiger charge is 2.21. The summed E-state index contributed by atoms with van der Waals surface area (Å²) in [6.07, 6.45) is 1.17. The molecule has 1 aromatic carbocycles. The van der Waals surface area contributed by atoms with E-state index < -0.39 is 0 Å². The summed E-state index contributed by atoms with van der Waals surface area (Å²) in [5, 5.41) is 12.8. The van der Waals surface area contributed by atoms with E-state index in [1.54, 1.807) is 22.7 Å². The minimum atomic E-state index is -0.321. The van der Waals surface area contributed by atoms with Crippen molar-refractivity contribution in [2.75, 3.05) is 18.0 Å². The molecule has 3 heterocycles. The van der Waals surface area contributed by atoms with Gasteiger partial charge in [-0.2, -0.15) is 4.52 Å². The maximum atomic E-state index is 14.0. The molecule has 1 atom stereocenters. The van der Waals surface area contributed by atoms with Gasteiger partial charge in [0.15, 0.2) is 11.5 Å². The molecule has 0 bridgehead atoms. The summed E-state index contributed by atoms with van der Waals surface area (Å²) in [4.78, 5) is 2.25. The predicted octanol–water partition coefficient (Wildman–Crippen LogP) is 2.78. The van der Waals surface area contributed by atoms with Crippen LogP contribution in [0.1, 0.15) is 13.3 Å². The molecule has 0 amide bonds. The van der Waals surface area contributed by atoms with Crippen LogP contribution >= 0.6 is 0 Å². The molecule has 1 fully saturated rings. The third kappa shape index (κ3) is 2.11. The number of halogens is 1. The highest BCUT2D eigenvalue weighted by Crippen LogP contribution is 2.24.